The first-order valence-corrected chi connectivity index (χ1v) is 6.21. The minimum absolute atomic E-state index is 0.115. The summed E-state index contributed by atoms with van der Waals surface area (Å²) in [5, 5.41) is 2.14. The maximum Gasteiger partial charge on any atom is 0.0650 e. The van der Waals surface area contributed by atoms with Crippen molar-refractivity contribution in [2.24, 2.45) is 0 Å². The summed E-state index contributed by atoms with van der Waals surface area (Å²) in [5.41, 5.74) is 0.115. The first-order chi connectivity index (χ1) is 6.79. The van der Waals surface area contributed by atoms with E-state index in [9.17, 15) is 0 Å². The Morgan fingerprint density at radius 1 is 1.29 bits per heavy atom. The van der Waals surface area contributed by atoms with Crippen LogP contribution < -0.4 is 0 Å². The van der Waals surface area contributed by atoms with Gasteiger partial charge in [-0.2, -0.15) is 0 Å². The molecule has 0 aliphatic rings. The minimum Gasteiger partial charge on any atom is -0.147 e. The second-order valence-electron chi connectivity index (χ2n) is 3.42. The van der Waals surface area contributed by atoms with E-state index in [4.69, 9.17) is 0 Å². The van der Waals surface area contributed by atoms with Crippen LogP contribution in [0.15, 0.2) is 17.5 Å². The van der Waals surface area contributed by atoms with Crippen LogP contribution in [0, 0.1) is 11.8 Å². The second kappa shape index (κ2) is 5.22. The average Bonchev–Trinajstić information content (AvgIpc) is 2.74. The van der Waals surface area contributed by atoms with Crippen LogP contribution in [0.5, 0.6) is 0 Å². The van der Waals surface area contributed by atoms with Gasteiger partial charge in [0.25, 0.3) is 0 Å². The molecule has 14 heavy (non-hydrogen) atoms. The van der Waals surface area contributed by atoms with Crippen molar-refractivity contribution >= 4 is 11.3 Å². The summed E-state index contributed by atoms with van der Waals surface area (Å²) in [6.45, 7) is 6.57. The number of hydrogen-bond acceptors (Lipinski definition) is 1. The fourth-order valence-corrected chi connectivity index (χ4v) is 2.67. The van der Waals surface area contributed by atoms with Crippen LogP contribution in [0.3, 0.4) is 0 Å². The van der Waals surface area contributed by atoms with Crippen LogP contribution in [0.4, 0.5) is 0 Å². The zero-order valence-corrected chi connectivity index (χ0v) is 10.1. The predicted molar refractivity (Wildman–Crippen MR) is 64.6 cm³/mol. The highest BCUT2D eigenvalue weighted by molar-refractivity contribution is 7.10. The summed E-state index contributed by atoms with van der Waals surface area (Å²) in [7, 11) is 0. The molecule has 1 aromatic heterocycles. The topological polar surface area (TPSA) is 0 Å². The summed E-state index contributed by atoms with van der Waals surface area (Å²) in [6, 6.07) is 4.33. The van der Waals surface area contributed by atoms with E-state index in [-0.39, 0.29) is 5.41 Å². The van der Waals surface area contributed by atoms with Gasteiger partial charge in [-0.3, -0.25) is 0 Å². The summed E-state index contributed by atoms with van der Waals surface area (Å²) in [4.78, 5) is 1.42. The van der Waals surface area contributed by atoms with Crippen LogP contribution in [-0.2, 0) is 5.41 Å². The van der Waals surface area contributed by atoms with E-state index in [1.165, 1.54) is 4.88 Å². The van der Waals surface area contributed by atoms with Crippen LogP contribution in [0.25, 0.3) is 0 Å². The smallest absolute Gasteiger partial charge is 0.0650 e. The molecular formula is C13H18S. The van der Waals surface area contributed by atoms with Crippen molar-refractivity contribution < 1.29 is 0 Å². The molecule has 0 atom stereocenters. The van der Waals surface area contributed by atoms with Gasteiger partial charge in [0.15, 0.2) is 0 Å². The van der Waals surface area contributed by atoms with Crippen LogP contribution >= 0.6 is 11.3 Å². The average molecular weight is 206 g/mol. The number of thiophene rings is 1. The molecular weight excluding hydrogens is 188 g/mol. The highest BCUT2D eigenvalue weighted by atomic mass is 32.1. The van der Waals surface area contributed by atoms with Gasteiger partial charge in [-0.25, -0.2) is 0 Å². The molecule has 1 heteroatoms. The van der Waals surface area contributed by atoms with Gasteiger partial charge in [0.05, 0.1) is 5.41 Å². The standard InChI is InChI=1S/C13H18S/c1-4-7-10-13(5-2,6-3)12-9-8-11-14-12/h8-9,11H,4-6H2,1-3H3. The van der Waals surface area contributed by atoms with Crippen molar-refractivity contribution in [1.29, 1.82) is 0 Å². The highest BCUT2D eigenvalue weighted by Crippen LogP contribution is 2.34. The lowest BCUT2D eigenvalue weighted by Crippen LogP contribution is -2.20. The van der Waals surface area contributed by atoms with Gasteiger partial charge in [-0.15, -0.1) is 17.3 Å². The largest absolute Gasteiger partial charge is 0.147 e. The van der Waals surface area contributed by atoms with E-state index >= 15 is 0 Å². The Balaban J connectivity index is 3.03. The molecule has 0 amide bonds. The van der Waals surface area contributed by atoms with E-state index in [1.54, 1.807) is 0 Å². The molecule has 0 saturated carbocycles. The van der Waals surface area contributed by atoms with E-state index in [0.717, 1.165) is 19.3 Å². The fraction of sp³-hybridized carbons (Fsp3) is 0.538. The van der Waals surface area contributed by atoms with Gasteiger partial charge in [-0.1, -0.05) is 32.8 Å². The third-order valence-corrected chi connectivity index (χ3v) is 3.78. The summed E-state index contributed by atoms with van der Waals surface area (Å²) in [5.74, 6) is 6.68. The molecule has 0 aliphatic carbocycles. The van der Waals surface area contributed by atoms with Crippen LogP contribution in [-0.4, -0.2) is 0 Å². The third-order valence-electron chi connectivity index (χ3n) is 2.70. The molecule has 76 valence electrons. The van der Waals surface area contributed by atoms with Gasteiger partial charge in [0.1, 0.15) is 0 Å². The third kappa shape index (κ3) is 2.19. The quantitative estimate of drug-likeness (QED) is 0.650. The molecule has 0 N–H and O–H groups in total. The molecule has 0 aliphatic heterocycles. The highest BCUT2D eigenvalue weighted by Gasteiger charge is 2.26. The summed E-state index contributed by atoms with van der Waals surface area (Å²) < 4.78 is 0. The van der Waals surface area contributed by atoms with Crippen LogP contribution in [0.1, 0.15) is 44.9 Å². The molecule has 1 rings (SSSR count). The monoisotopic (exact) mass is 206 g/mol. The Morgan fingerprint density at radius 3 is 2.43 bits per heavy atom. The van der Waals surface area contributed by atoms with E-state index < -0.39 is 0 Å². The van der Waals surface area contributed by atoms with Gasteiger partial charge >= 0.3 is 0 Å². The fourth-order valence-electron chi connectivity index (χ4n) is 1.65. The predicted octanol–water partition coefficient (Wildman–Crippen LogP) is 4.22. The van der Waals surface area contributed by atoms with Gasteiger partial charge in [-0.05, 0) is 24.3 Å². The summed E-state index contributed by atoms with van der Waals surface area (Å²) >= 11 is 1.83. The van der Waals surface area contributed by atoms with Crippen molar-refractivity contribution in [1.82, 2.24) is 0 Å². The van der Waals surface area contributed by atoms with Crippen molar-refractivity contribution in [2.75, 3.05) is 0 Å². The lowest BCUT2D eigenvalue weighted by molar-refractivity contribution is 0.527. The van der Waals surface area contributed by atoms with Crippen LogP contribution in [0.2, 0.25) is 0 Å². The molecule has 1 aromatic rings. The first kappa shape index (κ1) is 11.3. The van der Waals surface area contributed by atoms with Crippen molar-refractivity contribution in [3.63, 3.8) is 0 Å². The number of hydrogen-bond donors (Lipinski definition) is 0. The molecule has 0 nitrogen and oxygen atoms in total. The normalized spacial score (nSPS) is 10.8. The molecule has 0 aromatic carbocycles. The number of rotatable bonds is 3. The minimum atomic E-state index is 0.115. The Kier molecular flexibility index (Phi) is 4.22. The van der Waals surface area contributed by atoms with E-state index in [1.807, 2.05) is 11.3 Å². The molecule has 0 unspecified atom stereocenters. The van der Waals surface area contributed by atoms with Gasteiger partial charge in [0, 0.05) is 11.3 Å². The van der Waals surface area contributed by atoms with Crippen molar-refractivity contribution in [3.05, 3.63) is 22.4 Å². The molecule has 1 heterocycles. The van der Waals surface area contributed by atoms with Gasteiger partial charge < -0.3 is 0 Å². The lowest BCUT2D eigenvalue weighted by atomic mass is 9.81. The van der Waals surface area contributed by atoms with Crippen molar-refractivity contribution in [3.8, 4) is 11.8 Å². The second-order valence-corrected chi connectivity index (χ2v) is 4.37. The molecule has 0 fully saturated rings. The first-order valence-electron chi connectivity index (χ1n) is 5.33. The lowest BCUT2D eigenvalue weighted by Gasteiger charge is -2.24. The SMILES string of the molecule is CCC#CC(CC)(CC)c1cccs1. The van der Waals surface area contributed by atoms with E-state index in [2.05, 4.69) is 50.1 Å². The molecule has 0 bridgehead atoms. The Morgan fingerprint density at radius 2 is 2.00 bits per heavy atom. The maximum absolute atomic E-state index is 3.45. The molecule has 0 spiro atoms. The maximum atomic E-state index is 3.45. The Bertz CT molecular complexity index is 307. The molecule has 0 saturated heterocycles. The van der Waals surface area contributed by atoms with Crippen molar-refractivity contribution in [2.45, 2.75) is 45.4 Å². The Labute approximate surface area is 91.4 Å². The van der Waals surface area contributed by atoms with E-state index in [0.29, 0.717) is 0 Å². The zero-order chi connectivity index (χ0) is 10.4. The molecule has 0 radical (unpaired) electrons. The Hall–Kier alpha value is -0.740. The van der Waals surface area contributed by atoms with Gasteiger partial charge in [0.2, 0.25) is 0 Å². The summed E-state index contributed by atoms with van der Waals surface area (Å²) in [6.07, 6.45) is 3.17. The zero-order valence-electron chi connectivity index (χ0n) is 9.26.